The number of hydrogen-bond donors (Lipinski definition) is 3. The molecule has 16 heavy (non-hydrogen) atoms. The summed E-state index contributed by atoms with van der Waals surface area (Å²) in [5.41, 5.74) is -1.13. The van der Waals surface area contributed by atoms with E-state index in [4.69, 9.17) is 0 Å². The molecule has 3 N–H and O–H groups in total. The lowest BCUT2D eigenvalue weighted by Crippen LogP contribution is -2.26. The van der Waals surface area contributed by atoms with Gasteiger partial charge in [0, 0.05) is 9.75 Å². The quantitative estimate of drug-likeness (QED) is 0.723. The van der Waals surface area contributed by atoms with Crippen LogP contribution >= 0.6 is 11.3 Å². The first-order valence-electron chi connectivity index (χ1n) is 4.63. The van der Waals surface area contributed by atoms with Crippen LogP contribution in [0.15, 0.2) is 21.7 Å². The van der Waals surface area contributed by atoms with Crippen molar-refractivity contribution in [2.24, 2.45) is 0 Å². The van der Waals surface area contributed by atoms with Crippen LogP contribution in [0.2, 0.25) is 0 Å². The first-order chi connectivity index (χ1) is 7.65. The van der Waals surface area contributed by atoms with E-state index in [1.165, 1.54) is 4.88 Å². The zero-order chi connectivity index (χ0) is 11.5. The third kappa shape index (κ3) is 2.37. The summed E-state index contributed by atoms with van der Waals surface area (Å²) in [5.74, 6) is 0.116. The monoisotopic (exact) mass is 238 g/mol. The minimum Gasteiger partial charge on any atom is -0.359 e. The van der Waals surface area contributed by atoms with Gasteiger partial charge in [-0.15, -0.1) is 16.4 Å². The number of aryl methyl sites for hydroxylation is 1. The van der Waals surface area contributed by atoms with E-state index in [1.54, 1.807) is 11.3 Å². The SMILES string of the molecule is Cc1ccc(CNc2n[nH]c(=O)[nH]c2=O)s1. The first-order valence-corrected chi connectivity index (χ1v) is 5.45. The van der Waals surface area contributed by atoms with Crippen molar-refractivity contribution >= 4 is 17.2 Å². The number of aromatic nitrogens is 3. The summed E-state index contributed by atoms with van der Waals surface area (Å²) in [6.45, 7) is 2.53. The lowest BCUT2D eigenvalue weighted by molar-refractivity contribution is 0.884. The van der Waals surface area contributed by atoms with Gasteiger partial charge in [0.2, 0.25) is 5.82 Å². The normalized spacial score (nSPS) is 10.3. The highest BCUT2D eigenvalue weighted by atomic mass is 32.1. The van der Waals surface area contributed by atoms with Gasteiger partial charge in [0.25, 0.3) is 5.56 Å². The van der Waals surface area contributed by atoms with E-state index in [0.29, 0.717) is 6.54 Å². The molecule has 2 aromatic rings. The van der Waals surface area contributed by atoms with Gasteiger partial charge in [-0.2, -0.15) is 0 Å². The van der Waals surface area contributed by atoms with Crippen molar-refractivity contribution in [3.63, 3.8) is 0 Å². The molecule has 2 aromatic heterocycles. The first kappa shape index (κ1) is 10.6. The van der Waals surface area contributed by atoms with Gasteiger partial charge in [-0.3, -0.25) is 9.78 Å². The van der Waals surface area contributed by atoms with Crippen molar-refractivity contribution in [1.82, 2.24) is 15.2 Å². The summed E-state index contributed by atoms with van der Waals surface area (Å²) < 4.78 is 0. The zero-order valence-corrected chi connectivity index (χ0v) is 9.35. The average molecular weight is 238 g/mol. The van der Waals surface area contributed by atoms with Crippen LogP contribution in [0.25, 0.3) is 0 Å². The Labute approximate surface area is 94.4 Å². The Bertz CT molecular complexity index is 598. The number of anilines is 1. The fourth-order valence-corrected chi connectivity index (χ4v) is 2.05. The van der Waals surface area contributed by atoms with Crippen molar-refractivity contribution in [1.29, 1.82) is 0 Å². The molecule has 0 aromatic carbocycles. The number of aromatic amines is 2. The second-order valence-electron chi connectivity index (χ2n) is 3.22. The fraction of sp³-hybridized carbons (Fsp3) is 0.222. The smallest absolute Gasteiger partial charge is 0.342 e. The van der Waals surface area contributed by atoms with Crippen LogP contribution in [0, 0.1) is 6.92 Å². The van der Waals surface area contributed by atoms with Crippen LogP contribution in [-0.2, 0) is 6.54 Å². The zero-order valence-electron chi connectivity index (χ0n) is 8.53. The molecule has 0 aliphatic rings. The van der Waals surface area contributed by atoms with Crippen LogP contribution in [0.1, 0.15) is 9.75 Å². The maximum atomic E-state index is 11.3. The maximum Gasteiger partial charge on any atom is 0.342 e. The molecule has 0 spiro atoms. The Morgan fingerprint density at radius 1 is 1.44 bits per heavy atom. The Morgan fingerprint density at radius 2 is 2.25 bits per heavy atom. The maximum absolute atomic E-state index is 11.3. The Balaban J connectivity index is 2.10. The second-order valence-corrected chi connectivity index (χ2v) is 4.59. The van der Waals surface area contributed by atoms with E-state index in [1.807, 2.05) is 19.1 Å². The van der Waals surface area contributed by atoms with Gasteiger partial charge >= 0.3 is 5.69 Å². The summed E-state index contributed by atoms with van der Waals surface area (Å²) in [4.78, 5) is 26.4. The standard InChI is InChI=1S/C9H10N4O2S/c1-5-2-3-6(16-5)4-10-7-8(14)11-9(15)13-12-7/h2-3H,4H2,1H3,(H,10,12)(H2,11,13,14,15). The van der Waals surface area contributed by atoms with Crippen molar-refractivity contribution in [3.05, 3.63) is 42.7 Å². The van der Waals surface area contributed by atoms with Gasteiger partial charge in [0.1, 0.15) is 0 Å². The highest BCUT2D eigenvalue weighted by Gasteiger charge is 2.02. The van der Waals surface area contributed by atoms with Gasteiger partial charge in [-0.25, -0.2) is 9.89 Å². The summed E-state index contributed by atoms with van der Waals surface area (Å²) in [5, 5.41) is 8.63. The van der Waals surface area contributed by atoms with Crippen LogP contribution in [-0.4, -0.2) is 15.2 Å². The van der Waals surface area contributed by atoms with Crippen molar-refractivity contribution in [2.45, 2.75) is 13.5 Å². The van der Waals surface area contributed by atoms with E-state index in [2.05, 4.69) is 20.5 Å². The van der Waals surface area contributed by atoms with Crippen LogP contribution in [0.5, 0.6) is 0 Å². The lowest BCUT2D eigenvalue weighted by Gasteiger charge is -2.00. The van der Waals surface area contributed by atoms with Gasteiger partial charge in [0.05, 0.1) is 6.54 Å². The highest BCUT2D eigenvalue weighted by Crippen LogP contribution is 2.15. The number of nitrogens with one attached hydrogen (secondary N) is 3. The second kappa shape index (κ2) is 4.31. The van der Waals surface area contributed by atoms with Crippen LogP contribution in [0.4, 0.5) is 5.82 Å². The van der Waals surface area contributed by atoms with Crippen molar-refractivity contribution in [2.75, 3.05) is 5.32 Å². The van der Waals surface area contributed by atoms with Gasteiger partial charge in [0.15, 0.2) is 0 Å². The predicted octanol–water partition coefficient (Wildman–Crippen LogP) is 0.440. The van der Waals surface area contributed by atoms with E-state index >= 15 is 0 Å². The topological polar surface area (TPSA) is 90.6 Å². The van der Waals surface area contributed by atoms with E-state index in [9.17, 15) is 9.59 Å². The number of rotatable bonds is 3. The van der Waals surface area contributed by atoms with Crippen molar-refractivity contribution in [3.8, 4) is 0 Å². The molecule has 2 heterocycles. The van der Waals surface area contributed by atoms with E-state index in [0.717, 1.165) is 4.88 Å². The number of thiophene rings is 1. The minimum atomic E-state index is -0.609. The Hall–Kier alpha value is -1.89. The molecule has 0 bridgehead atoms. The summed E-state index contributed by atoms with van der Waals surface area (Å²) in [6.07, 6.45) is 0. The van der Waals surface area contributed by atoms with Crippen molar-refractivity contribution < 1.29 is 0 Å². The molecule has 0 aliphatic carbocycles. The predicted molar refractivity (Wildman–Crippen MR) is 61.9 cm³/mol. The minimum absolute atomic E-state index is 0.116. The average Bonchev–Trinajstić information content (AvgIpc) is 2.63. The van der Waals surface area contributed by atoms with Gasteiger partial charge in [-0.1, -0.05) is 0 Å². The third-order valence-electron chi connectivity index (χ3n) is 1.94. The van der Waals surface area contributed by atoms with E-state index in [-0.39, 0.29) is 5.82 Å². The molecule has 0 amide bonds. The van der Waals surface area contributed by atoms with Crippen LogP contribution < -0.4 is 16.6 Å². The Morgan fingerprint density at radius 3 is 2.88 bits per heavy atom. The molecule has 0 fully saturated rings. The number of hydrogen-bond acceptors (Lipinski definition) is 5. The molecule has 0 aliphatic heterocycles. The highest BCUT2D eigenvalue weighted by molar-refractivity contribution is 7.11. The van der Waals surface area contributed by atoms with Gasteiger partial charge in [-0.05, 0) is 19.1 Å². The molecule has 84 valence electrons. The number of H-pyrrole nitrogens is 2. The molecule has 0 radical (unpaired) electrons. The molecule has 0 saturated heterocycles. The summed E-state index contributed by atoms with van der Waals surface area (Å²) in [6, 6.07) is 3.99. The third-order valence-corrected chi connectivity index (χ3v) is 2.94. The van der Waals surface area contributed by atoms with Crippen LogP contribution in [0.3, 0.4) is 0 Å². The molecule has 2 rings (SSSR count). The molecule has 0 atom stereocenters. The lowest BCUT2D eigenvalue weighted by atomic mass is 10.4. The molecular formula is C9H10N4O2S. The molecular weight excluding hydrogens is 228 g/mol. The fourth-order valence-electron chi connectivity index (χ4n) is 1.22. The summed E-state index contributed by atoms with van der Waals surface area (Å²) >= 11 is 1.64. The summed E-state index contributed by atoms with van der Waals surface area (Å²) in [7, 11) is 0. The molecule has 7 heteroatoms. The van der Waals surface area contributed by atoms with Gasteiger partial charge < -0.3 is 5.32 Å². The van der Waals surface area contributed by atoms with E-state index < -0.39 is 11.2 Å². The molecule has 0 saturated carbocycles. The molecule has 6 nitrogen and oxygen atoms in total. The number of nitrogens with zero attached hydrogens (tertiary/aromatic N) is 1. The largest absolute Gasteiger partial charge is 0.359 e. The Kier molecular flexibility index (Phi) is 2.86. The molecule has 0 unspecified atom stereocenters.